The summed E-state index contributed by atoms with van der Waals surface area (Å²) in [5.41, 5.74) is 0.219. The Morgan fingerprint density at radius 3 is 2.74 bits per heavy atom. The Bertz CT molecular complexity index is 481. The van der Waals surface area contributed by atoms with Gasteiger partial charge in [0.15, 0.2) is 0 Å². The van der Waals surface area contributed by atoms with Crippen molar-refractivity contribution in [3.8, 4) is 0 Å². The molecule has 104 valence electrons. The van der Waals surface area contributed by atoms with Crippen molar-refractivity contribution < 1.29 is 23.9 Å². The van der Waals surface area contributed by atoms with Gasteiger partial charge in [0.1, 0.15) is 5.82 Å². The van der Waals surface area contributed by atoms with Crippen molar-refractivity contribution >= 4 is 27.8 Å². The number of carboxylic acid groups (broad SMARTS) is 1. The molecule has 19 heavy (non-hydrogen) atoms. The van der Waals surface area contributed by atoms with E-state index < -0.39 is 17.7 Å². The molecule has 1 N–H and O–H groups in total. The Hall–Kier alpha value is -1.47. The molecular formula is C12H13BrFNO4. The Morgan fingerprint density at radius 1 is 1.47 bits per heavy atom. The molecule has 5 nitrogen and oxygen atoms in total. The summed E-state index contributed by atoms with van der Waals surface area (Å²) in [5.74, 6) is -2.05. The fourth-order valence-corrected chi connectivity index (χ4v) is 1.86. The molecule has 1 aromatic rings. The summed E-state index contributed by atoms with van der Waals surface area (Å²) in [5, 5.41) is 9.46. The van der Waals surface area contributed by atoms with Gasteiger partial charge in [-0.1, -0.05) is 12.1 Å². The highest BCUT2D eigenvalue weighted by molar-refractivity contribution is 9.10. The second-order valence-electron chi connectivity index (χ2n) is 3.71. The number of carboxylic acids is 1. The van der Waals surface area contributed by atoms with E-state index in [1.54, 1.807) is 6.07 Å². The van der Waals surface area contributed by atoms with E-state index in [2.05, 4.69) is 15.9 Å². The van der Waals surface area contributed by atoms with Crippen LogP contribution in [0.5, 0.6) is 0 Å². The topological polar surface area (TPSA) is 66.8 Å². The number of hydrogen-bond acceptors (Lipinski definition) is 3. The number of aliphatic carboxylic acids is 1. The van der Waals surface area contributed by atoms with E-state index in [0.717, 1.165) is 5.06 Å². The van der Waals surface area contributed by atoms with Crippen LogP contribution >= 0.6 is 15.9 Å². The molecule has 0 atom stereocenters. The molecule has 0 aliphatic carbocycles. The van der Waals surface area contributed by atoms with Crippen LogP contribution in [0.15, 0.2) is 22.7 Å². The summed E-state index contributed by atoms with van der Waals surface area (Å²) in [6, 6.07) is 4.63. The monoisotopic (exact) mass is 333 g/mol. The van der Waals surface area contributed by atoms with Gasteiger partial charge >= 0.3 is 5.97 Å². The molecule has 7 heteroatoms. The third-order valence-electron chi connectivity index (χ3n) is 2.40. The highest BCUT2D eigenvalue weighted by Crippen LogP contribution is 2.19. The maximum Gasteiger partial charge on any atom is 0.305 e. The minimum atomic E-state index is -1.04. The summed E-state index contributed by atoms with van der Waals surface area (Å²) in [7, 11) is 1.26. The van der Waals surface area contributed by atoms with E-state index in [-0.39, 0.29) is 29.4 Å². The fourth-order valence-electron chi connectivity index (χ4n) is 1.45. The molecule has 0 unspecified atom stereocenters. The SMILES string of the molecule is CON(CCC(=O)O)C(=O)Cc1cccc(Br)c1F. The number of benzene rings is 1. The van der Waals surface area contributed by atoms with Gasteiger partial charge in [-0.15, -0.1) is 0 Å². The summed E-state index contributed by atoms with van der Waals surface area (Å²) in [4.78, 5) is 27.1. The van der Waals surface area contributed by atoms with Gasteiger partial charge in [-0.3, -0.25) is 14.4 Å². The lowest BCUT2D eigenvalue weighted by Gasteiger charge is -2.19. The first-order valence-electron chi connectivity index (χ1n) is 5.45. The molecule has 0 aromatic heterocycles. The minimum absolute atomic E-state index is 0.0830. The molecule has 0 saturated heterocycles. The van der Waals surface area contributed by atoms with Gasteiger partial charge in [0.05, 0.1) is 31.0 Å². The zero-order valence-corrected chi connectivity index (χ0v) is 11.8. The van der Waals surface area contributed by atoms with Gasteiger partial charge in [-0.25, -0.2) is 9.45 Å². The number of halogens is 2. The van der Waals surface area contributed by atoms with Crippen molar-refractivity contribution in [2.24, 2.45) is 0 Å². The number of carbonyl (C=O) groups excluding carboxylic acids is 1. The molecule has 0 aliphatic rings. The van der Waals surface area contributed by atoms with Crippen LogP contribution in [0.2, 0.25) is 0 Å². The maximum absolute atomic E-state index is 13.7. The van der Waals surface area contributed by atoms with Crippen LogP contribution in [-0.2, 0) is 20.8 Å². The minimum Gasteiger partial charge on any atom is -0.481 e. The Balaban J connectivity index is 2.71. The molecule has 1 aromatic carbocycles. The van der Waals surface area contributed by atoms with Gasteiger partial charge in [-0.2, -0.15) is 0 Å². The van der Waals surface area contributed by atoms with Crippen molar-refractivity contribution in [2.75, 3.05) is 13.7 Å². The summed E-state index contributed by atoms with van der Waals surface area (Å²) in [6.07, 6.45) is -0.431. The third-order valence-corrected chi connectivity index (χ3v) is 3.01. The Labute approximate surface area is 118 Å². The average Bonchev–Trinajstić information content (AvgIpc) is 2.35. The van der Waals surface area contributed by atoms with E-state index in [1.807, 2.05) is 0 Å². The van der Waals surface area contributed by atoms with E-state index in [9.17, 15) is 14.0 Å². The zero-order valence-electron chi connectivity index (χ0n) is 10.2. The van der Waals surface area contributed by atoms with E-state index in [4.69, 9.17) is 9.94 Å². The first kappa shape index (κ1) is 15.6. The van der Waals surface area contributed by atoms with Crippen molar-refractivity contribution in [3.05, 3.63) is 34.1 Å². The molecule has 0 aliphatic heterocycles. The van der Waals surface area contributed by atoms with Crippen LogP contribution in [0.25, 0.3) is 0 Å². The summed E-state index contributed by atoms with van der Waals surface area (Å²) in [6.45, 7) is -0.0830. The second-order valence-corrected chi connectivity index (χ2v) is 4.57. The third kappa shape index (κ3) is 4.60. The predicted octanol–water partition coefficient (Wildman–Crippen LogP) is 2.00. The first-order chi connectivity index (χ1) is 8.95. The Morgan fingerprint density at radius 2 is 2.16 bits per heavy atom. The van der Waals surface area contributed by atoms with Crippen molar-refractivity contribution in [2.45, 2.75) is 12.8 Å². The molecule has 0 fully saturated rings. The lowest BCUT2D eigenvalue weighted by atomic mass is 10.1. The van der Waals surface area contributed by atoms with Gasteiger partial charge in [0.25, 0.3) is 5.91 Å². The number of hydrogen-bond donors (Lipinski definition) is 1. The number of carbonyl (C=O) groups is 2. The van der Waals surface area contributed by atoms with E-state index >= 15 is 0 Å². The molecule has 1 rings (SSSR count). The Kier molecular flexibility index (Phi) is 5.91. The number of hydroxylamine groups is 2. The van der Waals surface area contributed by atoms with Crippen LogP contribution in [0.3, 0.4) is 0 Å². The predicted molar refractivity (Wildman–Crippen MR) is 68.8 cm³/mol. The lowest BCUT2D eigenvalue weighted by molar-refractivity contribution is -0.176. The molecule has 0 bridgehead atoms. The largest absolute Gasteiger partial charge is 0.481 e. The van der Waals surface area contributed by atoms with Crippen LogP contribution in [0.1, 0.15) is 12.0 Å². The maximum atomic E-state index is 13.7. The molecule has 0 spiro atoms. The van der Waals surface area contributed by atoms with Gasteiger partial charge in [0, 0.05) is 0 Å². The van der Waals surface area contributed by atoms with Crippen LogP contribution in [0, 0.1) is 5.82 Å². The molecular weight excluding hydrogens is 321 g/mol. The lowest BCUT2D eigenvalue weighted by Crippen LogP contribution is -2.33. The highest BCUT2D eigenvalue weighted by atomic mass is 79.9. The molecule has 0 heterocycles. The fraction of sp³-hybridized carbons (Fsp3) is 0.333. The van der Waals surface area contributed by atoms with Crippen LogP contribution < -0.4 is 0 Å². The number of rotatable bonds is 6. The summed E-state index contributed by atoms with van der Waals surface area (Å²) >= 11 is 3.03. The van der Waals surface area contributed by atoms with E-state index in [0.29, 0.717) is 0 Å². The normalized spacial score (nSPS) is 10.3. The number of nitrogens with zero attached hydrogens (tertiary/aromatic N) is 1. The standard InChI is InChI=1S/C12H13BrFNO4/c1-19-15(6-5-11(17)18)10(16)7-8-3-2-4-9(13)12(8)14/h2-4H,5-7H2,1H3,(H,17,18). The number of amides is 1. The van der Waals surface area contributed by atoms with Crippen molar-refractivity contribution in [3.63, 3.8) is 0 Å². The smallest absolute Gasteiger partial charge is 0.305 e. The average molecular weight is 334 g/mol. The van der Waals surface area contributed by atoms with Gasteiger partial charge < -0.3 is 5.11 Å². The molecule has 0 radical (unpaired) electrons. The van der Waals surface area contributed by atoms with Crippen molar-refractivity contribution in [1.29, 1.82) is 0 Å². The van der Waals surface area contributed by atoms with E-state index in [1.165, 1.54) is 19.2 Å². The van der Waals surface area contributed by atoms with Crippen LogP contribution in [0.4, 0.5) is 4.39 Å². The van der Waals surface area contributed by atoms with Crippen LogP contribution in [-0.4, -0.2) is 35.7 Å². The molecule has 0 saturated carbocycles. The van der Waals surface area contributed by atoms with Gasteiger partial charge in [-0.05, 0) is 27.6 Å². The first-order valence-corrected chi connectivity index (χ1v) is 6.24. The molecule has 1 amide bonds. The highest BCUT2D eigenvalue weighted by Gasteiger charge is 2.17. The van der Waals surface area contributed by atoms with Gasteiger partial charge in [0.2, 0.25) is 0 Å². The zero-order chi connectivity index (χ0) is 14.4. The van der Waals surface area contributed by atoms with Crippen molar-refractivity contribution in [1.82, 2.24) is 5.06 Å². The summed E-state index contributed by atoms with van der Waals surface area (Å²) < 4.78 is 14.0. The quantitative estimate of drug-likeness (QED) is 0.808. The second kappa shape index (κ2) is 7.20.